The predicted molar refractivity (Wildman–Crippen MR) is 106 cm³/mol. The molecule has 0 fully saturated rings. The molecule has 0 bridgehead atoms. The van der Waals surface area contributed by atoms with Crippen molar-refractivity contribution in [2.45, 2.75) is 6.61 Å². The van der Waals surface area contributed by atoms with Crippen LogP contribution in [0.2, 0.25) is 0 Å². The number of aromatic nitrogens is 3. The summed E-state index contributed by atoms with van der Waals surface area (Å²) in [6, 6.07) is 13.0. The van der Waals surface area contributed by atoms with Gasteiger partial charge in [0.05, 0.1) is 31.0 Å². The van der Waals surface area contributed by atoms with Gasteiger partial charge in [-0.2, -0.15) is 5.10 Å². The van der Waals surface area contributed by atoms with Crippen molar-refractivity contribution in [1.29, 1.82) is 0 Å². The summed E-state index contributed by atoms with van der Waals surface area (Å²) in [5.74, 6) is 0.755. The Morgan fingerprint density at radius 2 is 1.96 bits per heavy atom. The van der Waals surface area contributed by atoms with Crippen LogP contribution >= 0.6 is 11.3 Å². The number of aromatic amines is 1. The molecule has 7 nitrogen and oxygen atoms in total. The summed E-state index contributed by atoms with van der Waals surface area (Å²) in [7, 11) is 3.18. The zero-order chi connectivity index (χ0) is 19.5. The maximum atomic E-state index is 12.4. The summed E-state index contributed by atoms with van der Waals surface area (Å²) in [5.41, 5.74) is 2.52. The number of hydrogen-bond donors (Lipinski definition) is 1. The van der Waals surface area contributed by atoms with Crippen LogP contribution in [0, 0.1) is 0 Å². The van der Waals surface area contributed by atoms with Gasteiger partial charge in [0.25, 0.3) is 0 Å². The number of carbonyl (C=O) groups is 1. The highest BCUT2D eigenvalue weighted by Crippen LogP contribution is 2.39. The second-order valence-corrected chi connectivity index (χ2v) is 6.74. The normalized spacial score (nSPS) is 10.8. The number of para-hydroxylation sites is 2. The van der Waals surface area contributed by atoms with E-state index in [0.717, 1.165) is 21.5 Å². The quantitative estimate of drug-likeness (QED) is 0.496. The lowest BCUT2D eigenvalue weighted by atomic mass is 10.2. The Morgan fingerprint density at radius 1 is 1.11 bits per heavy atom. The van der Waals surface area contributed by atoms with E-state index in [4.69, 9.17) is 14.2 Å². The van der Waals surface area contributed by atoms with Crippen LogP contribution < -0.4 is 9.47 Å². The fraction of sp³-hybridized carbons (Fsp3) is 0.150. The van der Waals surface area contributed by atoms with Gasteiger partial charge in [-0.15, -0.1) is 11.3 Å². The molecule has 1 N–H and O–H groups in total. The maximum Gasteiger partial charge on any atom is 0.359 e. The molecular weight excluding hydrogens is 378 g/mol. The zero-order valence-electron chi connectivity index (χ0n) is 15.3. The van der Waals surface area contributed by atoms with Crippen molar-refractivity contribution in [3.63, 3.8) is 0 Å². The fourth-order valence-electron chi connectivity index (χ4n) is 2.88. The average Bonchev–Trinajstić information content (AvgIpc) is 3.38. The van der Waals surface area contributed by atoms with Gasteiger partial charge in [-0.3, -0.25) is 5.10 Å². The first-order valence-corrected chi connectivity index (χ1v) is 9.35. The van der Waals surface area contributed by atoms with Crippen LogP contribution in [0.25, 0.3) is 21.5 Å². The molecule has 0 aliphatic rings. The summed E-state index contributed by atoms with van der Waals surface area (Å²) >= 11 is 1.44. The van der Waals surface area contributed by atoms with Crippen molar-refractivity contribution < 1.29 is 19.0 Å². The topological polar surface area (TPSA) is 86.3 Å². The molecule has 4 aromatic rings. The highest BCUT2D eigenvalue weighted by Gasteiger charge is 2.17. The second-order valence-electron chi connectivity index (χ2n) is 5.88. The number of hydrogen-bond acceptors (Lipinski definition) is 7. The number of carbonyl (C=O) groups excluding carboxylic acids is 1. The number of nitrogens with one attached hydrogen (secondary N) is 1. The van der Waals surface area contributed by atoms with Crippen LogP contribution in [-0.2, 0) is 11.3 Å². The molecule has 0 aliphatic carbocycles. The third-order valence-corrected chi connectivity index (χ3v) is 5.12. The fourth-order valence-corrected chi connectivity index (χ4v) is 3.71. The first-order chi connectivity index (χ1) is 13.7. The molecule has 2 aromatic heterocycles. The van der Waals surface area contributed by atoms with Crippen molar-refractivity contribution in [1.82, 2.24) is 15.2 Å². The van der Waals surface area contributed by atoms with Crippen molar-refractivity contribution in [3.8, 4) is 22.1 Å². The molecule has 0 radical (unpaired) electrons. The molecule has 0 unspecified atom stereocenters. The minimum absolute atomic E-state index is 0.0583. The Morgan fingerprint density at radius 3 is 2.79 bits per heavy atom. The lowest BCUT2D eigenvalue weighted by molar-refractivity contribution is 0.0463. The van der Waals surface area contributed by atoms with Crippen molar-refractivity contribution in [2.24, 2.45) is 0 Å². The van der Waals surface area contributed by atoms with Gasteiger partial charge in [0.15, 0.2) is 17.2 Å². The minimum Gasteiger partial charge on any atom is -0.493 e. The monoisotopic (exact) mass is 395 g/mol. The Hall–Kier alpha value is -3.39. The van der Waals surface area contributed by atoms with E-state index in [1.807, 2.05) is 47.8 Å². The molecular formula is C20H17N3O4S. The summed E-state index contributed by atoms with van der Waals surface area (Å²) in [6.45, 7) is 0.0583. The minimum atomic E-state index is -0.494. The van der Waals surface area contributed by atoms with Gasteiger partial charge in [-0.25, -0.2) is 9.78 Å². The van der Waals surface area contributed by atoms with Gasteiger partial charge in [0, 0.05) is 10.8 Å². The van der Waals surface area contributed by atoms with Crippen molar-refractivity contribution in [2.75, 3.05) is 14.2 Å². The van der Waals surface area contributed by atoms with E-state index in [9.17, 15) is 4.79 Å². The summed E-state index contributed by atoms with van der Waals surface area (Å²) in [4.78, 5) is 16.9. The van der Waals surface area contributed by atoms with E-state index in [-0.39, 0.29) is 12.3 Å². The molecule has 2 aromatic carbocycles. The number of thiazole rings is 1. The van der Waals surface area contributed by atoms with E-state index in [0.29, 0.717) is 17.2 Å². The molecule has 0 saturated carbocycles. The highest BCUT2D eigenvalue weighted by atomic mass is 32.1. The summed E-state index contributed by atoms with van der Waals surface area (Å²) in [6.07, 6.45) is 0. The van der Waals surface area contributed by atoms with E-state index in [2.05, 4.69) is 15.2 Å². The Kier molecular flexibility index (Phi) is 4.94. The first kappa shape index (κ1) is 18.0. The van der Waals surface area contributed by atoms with E-state index < -0.39 is 5.97 Å². The number of H-pyrrole nitrogens is 1. The Balaban J connectivity index is 1.51. The largest absolute Gasteiger partial charge is 0.493 e. The van der Waals surface area contributed by atoms with Crippen LogP contribution in [0.1, 0.15) is 16.2 Å². The van der Waals surface area contributed by atoms with Crippen LogP contribution in [0.5, 0.6) is 11.5 Å². The smallest absolute Gasteiger partial charge is 0.359 e. The summed E-state index contributed by atoms with van der Waals surface area (Å²) < 4.78 is 16.2. The number of rotatable bonds is 6. The number of esters is 1. The number of nitrogens with zero attached hydrogens (tertiary/aromatic N) is 2. The Labute approximate surface area is 164 Å². The Bertz CT molecular complexity index is 1140. The number of methoxy groups -OCH3 is 2. The number of benzene rings is 2. The van der Waals surface area contributed by atoms with Gasteiger partial charge in [0.1, 0.15) is 11.6 Å². The van der Waals surface area contributed by atoms with Crippen LogP contribution in [0.3, 0.4) is 0 Å². The van der Waals surface area contributed by atoms with Gasteiger partial charge in [-0.05, 0) is 18.2 Å². The third kappa shape index (κ3) is 3.29. The lowest BCUT2D eigenvalue weighted by Gasteiger charge is -2.10. The first-order valence-electron chi connectivity index (χ1n) is 8.47. The zero-order valence-corrected chi connectivity index (χ0v) is 16.1. The van der Waals surface area contributed by atoms with Crippen molar-refractivity contribution >= 4 is 28.2 Å². The molecule has 2 heterocycles. The van der Waals surface area contributed by atoms with Gasteiger partial charge in [0.2, 0.25) is 0 Å². The maximum absolute atomic E-state index is 12.4. The predicted octanol–water partition coefficient (Wildman–Crippen LogP) is 4.06. The molecule has 0 amide bonds. The standard InChI is InChI=1S/C20H17N3O4S/c1-25-16-9-5-7-14(18(16)26-2)19-21-12(11-28-19)10-27-20(24)17-13-6-3-4-8-15(13)22-23-17/h3-9,11H,10H2,1-2H3,(H,22,23). The average molecular weight is 395 g/mol. The van der Waals surface area contributed by atoms with Crippen molar-refractivity contribution in [3.05, 3.63) is 59.2 Å². The lowest BCUT2D eigenvalue weighted by Crippen LogP contribution is -2.06. The van der Waals surface area contributed by atoms with Crippen LogP contribution in [-0.4, -0.2) is 35.4 Å². The number of ether oxygens (including phenoxy) is 3. The van der Waals surface area contributed by atoms with Gasteiger partial charge >= 0.3 is 5.97 Å². The molecule has 8 heteroatoms. The SMILES string of the molecule is COc1cccc(-c2nc(COC(=O)c3n[nH]c4ccccc34)cs2)c1OC. The van der Waals surface area contributed by atoms with E-state index >= 15 is 0 Å². The van der Waals surface area contributed by atoms with Gasteiger partial charge in [-0.1, -0.05) is 24.3 Å². The van der Waals surface area contributed by atoms with Crippen LogP contribution in [0.15, 0.2) is 47.8 Å². The van der Waals surface area contributed by atoms with E-state index in [1.54, 1.807) is 14.2 Å². The highest BCUT2D eigenvalue weighted by molar-refractivity contribution is 7.13. The van der Waals surface area contributed by atoms with E-state index in [1.165, 1.54) is 11.3 Å². The third-order valence-electron chi connectivity index (χ3n) is 4.20. The molecule has 0 atom stereocenters. The van der Waals surface area contributed by atoms with Gasteiger partial charge < -0.3 is 14.2 Å². The van der Waals surface area contributed by atoms with Crippen LogP contribution in [0.4, 0.5) is 0 Å². The molecule has 0 spiro atoms. The molecule has 4 rings (SSSR count). The number of fused-ring (bicyclic) bond motifs is 1. The molecule has 0 saturated heterocycles. The molecule has 142 valence electrons. The summed E-state index contributed by atoms with van der Waals surface area (Å²) in [5, 5.41) is 10.2. The second kappa shape index (κ2) is 7.69. The molecule has 28 heavy (non-hydrogen) atoms. The molecule has 0 aliphatic heterocycles.